The Hall–Kier alpha value is -2.81. The molecule has 0 unspecified atom stereocenters. The topological polar surface area (TPSA) is 41.1 Å². The van der Waals surface area contributed by atoms with Crippen molar-refractivity contribution in [2.45, 2.75) is 48.0 Å². The molecule has 2 aromatic carbocycles. The minimum absolute atomic E-state index is 0. The number of anilines is 2. The van der Waals surface area contributed by atoms with Gasteiger partial charge in [-0.15, -0.1) is 0 Å². The van der Waals surface area contributed by atoms with Crippen LogP contribution in [0.2, 0.25) is 0 Å². The zero-order valence-electron chi connectivity index (χ0n) is 16.3. The smallest absolute Gasteiger partial charge is 0.224 e. The summed E-state index contributed by atoms with van der Waals surface area (Å²) >= 11 is 0. The van der Waals surface area contributed by atoms with Gasteiger partial charge < -0.3 is 10.6 Å². The highest BCUT2D eigenvalue weighted by Gasteiger charge is 2.12. The van der Waals surface area contributed by atoms with Gasteiger partial charge in [-0.1, -0.05) is 84.2 Å². The predicted octanol–water partition coefficient (Wildman–Crippen LogP) is 6.90. The Morgan fingerprint density at radius 2 is 1.37 bits per heavy atom. The number of hydrogen-bond acceptors (Lipinski definition) is 2. The first kappa shape index (κ1) is 24.2. The van der Waals surface area contributed by atoms with E-state index in [0.29, 0.717) is 6.42 Å². The van der Waals surface area contributed by atoms with E-state index in [-0.39, 0.29) is 13.3 Å². The summed E-state index contributed by atoms with van der Waals surface area (Å²) in [5.41, 5.74) is 5.53. The molecule has 0 radical (unpaired) electrons. The Labute approximate surface area is 165 Å². The molecular weight excluding hydrogens is 332 g/mol. The molecule has 2 aliphatic rings. The van der Waals surface area contributed by atoms with Crippen LogP contribution < -0.4 is 10.6 Å². The SMILES string of the molecule is C.C=C1C=Cc2ccccc2N1.CC.CC.O=C1CCc2ccccc2N1. The van der Waals surface area contributed by atoms with Crippen LogP contribution in [0.4, 0.5) is 11.4 Å². The molecule has 2 N–H and O–H groups in total. The van der Waals surface area contributed by atoms with Gasteiger partial charge in [-0.05, 0) is 35.8 Å². The number of nitrogens with one attached hydrogen (secondary N) is 2. The summed E-state index contributed by atoms with van der Waals surface area (Å²) in [6, 6.07) is 16.1. The van der Waals surface area contributed by atoms with E-state index in [1.165, 1.54) is 11.1 Å². The molecule has 2 aliphatic heterocycles. The van der Waals surface area contributed by atoms with Gasteiger partial charge in [-0.25, -0.2) is 0 Å². The van der Waals surface area contributed by atoms with Gasteiger partial charge in [0.25, 0.3) is 0 Å². The number of para-hydroxylation sites is 2. The third-order valence-corrected chi connectivity index (χ3v) is 3.63. The molecule has 0 aromatic heterocycles. The highest BCUT2D eigenvalue weighted by molar-refractivity contribution is 5.93. The summed E-state index contributed by atoms with van der Waals surface area (Å²) < 4.78 is 0. The molecular formula is C24H34N2O. The largest absolute Gasteiger partial charge is 0.356 e. The van der Waals surface area contributed by atoms with Gasteiger partial charge in [-0.3, -0.25) is 4.79 Å². The van der Waals surface area contributed by atoms with Gasteiger partial charge in [-0.2, -0.15) is 0 Å². The highest BCUT2D eigenvalue weighted by atomic mass is 16.1. The fraction of sp³-hybridized carbons (Fsp3) is 0.292. The van der Waals surface area contributed by atoms with Gasteiger partial charge in [0.05, 0.1) is 0 Å². The second-order valence-electron chi connectivity index (χ2n) is 5.28. The van der Waals surface area contributed by atoms with Crippen molar-refractivity contribution in [3.8, 4) is 0 Å². The van der Waals surface area contributed by atoms with Crippen LogP contribution in [0.3, 0.4) is 0 Å². The molecule has 27 heavy (non-hydrogen) atoms. The summed E-state index contributed by atoms with van der Waals surface area (Å²) in [6.45, 7) is 11.8. The molecule has 0 atom stereocenters. The molecule has 0 saturated heterocycles. The third-order valence-electron chi connectivity index (χ3n) is 3.63. The molecule has 0 bridgehead atoms. The zero-order chi connectivity index (χ0) is 19.4. The molecule has 3 heteroatoms. The van der Waals surface area contributed by atoms with Gasteiger partial charge in [0.2, 0.25) is 5.91 Å². The van der Waals surface area contributed by atoms with Crippen molar-refractivity contribution in [2.75, 3.05) is 10.6 Å². The van der Waals surface area contributed by atoms with E-state index in [4.69, 9.17) is 0 Å². The Morgan fingerprint density at radius 1 is 0.778 bits per heavy atom. The molecule has 0 spiro atoms. The number of fused-ring (bicyclic) bond motifs is 2. The molecule has 0 saturated carbocycles. The number of allylic oxidation sites excluding steroid dienone is 1. The van der Waals surface area contributed by atoms with Crippen LogP contribution in [0.15, 0.2) is 66.9 Å². The summed E-state index contributed by atoms with van der Waals surface area (Å²) in [4.78, 5) is 10.9. The number of hydrogen-bond donors (Lipinski definition) is 2. The number of carbonyl (C=O) groups is 1. The normalized spacial score (nSPS) is 12.4. The maximum absolute atomic E-state index is 10.9. The van der Waals surface area contributed by atoms with Crippen molar-refractivity contribution in [1.82, 2.24) is 0 Å². The zero-order valence-corrected chi connectivity index (χ0v) is 16.3. The van der Waals surface area contributed by atoms with Crippen molar-refractivity contribution in [2.24, 2.45) is 0 Å². The lowest BCUT2D eigenvalue weighted by molar-refractivity contribution is -0.116. The van der Waals surface area contributed by atoms with Crippen molar-refractivity contribution < 1.29 is 4.79 Å². The van der Waals surface area contributed by atoms with Crippen LogP contribution in [-0.2, 0) is 11.2 Å². The van der Waals surface area contributed by atoms with Gasteiger partial charge >= 0.3 is 0 Å². The van der Waals surface area contributed by atoms with E-state index in [9.17, 15) is 4.79 Å². The lowest BCUT2D eigenvalue weighted by Gasteiger charge is -2.15. The van der Waals surface area contributed by atoms with E-state index in [1.807, 2.05) is 70.2 Å². The molecule has 4 rings (SSSR count). The molecule has 146 valence electrons. The number of amides is 1. The molecule has 2 aromatic rings. The van der Waals surface area contributed by atoms with E-state index in [0.717, 1.165) is 23.5 Å². The van der Waals surface area contributed by atoms with Crippen molar-refractivity contribution in [3.05, 3.63) is 78.0 Å². The van der Waals surface area contributed by atoms with Crippen LogP contribution in [0, 0.1) is 0 Å². The summed E-state index contributed by atoms with van der Waals surface area (Å²) in [7, 11) is 0. The van der Waals surface area contributed by atoms with Crippen molar-refractivity contribution >= 4 is 23.4 Å². The van der Waals surface area contributed by atoms with Crippen LogP contribution in [0.5, 0.6) is 0 Å². The van der Waals surface area contributed by atoms with Crippen LogP contribution in [-0.4, -0.2) is 5.91 Å². The van der Waals surface area contributed by atoms with Gasteiger partial charge in [0, 0.05) is 23.5 Å². The summed E-state index contributed by atoms with van der Waals surface area (Å²) in [5, 5.41) is 6.00. The lowest BCUT2D eigenvalue weighted by atomic mass is 10.0. The number of carbonyl (C=O) groups excluding carboxylic acids is 1. The predicted molar refractivity (Wildman–Crippen MR) is 121 cm³/mol. The Balaban J connectivity index is 0.000000411. The molecule has 0 fully saturated rings. The first-order valence-electron chi connectivity index (χ1n) is 9.33. The van der Waals surface area contributed by atoms with Gasteiger partial charge in [0.1, 0.15) is 0 Å². The highest BCUT2D eigenvalue weighted by Crippen LogP contribution is 2.23. The van der Waals surface area contributed by atoms with Crippen molar-refractivity contribution in [3.63, 3.8) is 0 Å². The quantitative estimate of drug-likeness (QED) is 0.532. The monoisotopic (exact) mass is 366 g/mol. The van der Waals surface area contributed by atoms with Gasteiger partial charge in [0.15, 0.2) is 0 Å². The van der Waals surface area contributed by atoms with Crippen molar-refractivity contribution in [1.29, 1.82) is 0 Å². The number of benzene rings is 2. The molecule has 2 heterocycles. The second-order valence-corrected chi connectivity index (χ2v) is 5.28. The maximum atomic E-state index is 10.9. The fourth-order valence-electron chi connectivity index (χ4n) is 2.48. The van der Waals surface area contributed by atoms with Crippen LogP contribution in [0.1, 0.15) is 52.7 Å². The minimum atomic E-state index is 0. The first-order valence-corrected chi connectivity index (χ1v) is 9.33. The summed E-state index contributed by atoms with van der Waals surface area (Å²) in [6.07, 6.45) is 5.54. The molecule has 3 nitrogen and oxygen atoms in total. The van der Waals surface area contributed by atoms with E-state index >= 15 is 0 Å². The summed E-state index contributed by atoms with van der Waals surface area (Å²) in [5.74, 6) is 0.128. The average molecular weight is 367 g/mol. The Bertz CT molecular complexity index is 748. The molecule has 1 amide bonds. The van der Waals surface area contributed by atoms with E-state index in [1.54, 1.807) is 0 Å². The Morgan fingerprint density at radius 3 is 2.07 bits per heavy atom. The Kier molecular flexibility index (Phi) is 12.0. The van der Waals surface area contributed by atoms with E-state index in [2.05, 4.69) is 35.4 Å². The fourth-order valence-corrected chi connectivity index (χ4v) is 2.48. The number of rotatable bonds is 0. The molecule has 0 aliphatic carbocycles. The maximum Gasteiger partial charge on any atom is 0.224 e. The lowest BCUT2D eigenvalue weighted by Crippen LogP contribution is -2.18. The minimum Gasteiger partial charge on any atom is -0.356 e. The number of aryl methyl sites for hydroxylation is 1. The first-order chi connectivity index (χ1) is 12.7. The third kappa shape index (κ3) is 7.53. The van der Waals surface area contributed by atoms with Crippen LogP contribution >= 0.6 is 0 Å². The van der Waals surface area contributed by atoms with Crippen LogP contribution in [0.25, 0.3) is 6.08 Å². The average Bonchev–Trinajstić information content (AvgIpc) is 2.71. The standard InChI is InChI=1S/C10H9N.C9H9NO.2C2H6.CH4/c1-8-6-7-9-4-2-3-5-10(9)11-8;11-9-6-5-7-3-1-2-4-8(7)10-9;2*1-2;/h2-7,11H,1H2;1-4H,5-6H2,(H,10,11);2*1-2H3;1H4. The van der Waals surface area contributed by atoms with E-state index < -0.39 is 0 Å². The second kappa shape index (κ2) is 13.4.